The maximum absolute atomic E-state index is 11.1. The second-order valence-corrected chi connectivity index (χ2v) is 6.14. The van der Waals surface area contributed by atoms with E-state index in [-0.39, 0.29) is 5.69 Å². The maximum atomic E-state index is 11.1. The molecule has 0 saturated heterocycles. The minimum atomic E-state index is -0.453. The van der Waals surface area contributed by atoms with Gasteiger partial charge >= 0.3 is 0 Å². The number of hydrogen-bond acceptors (Lipinski definition) is 5. The smallest absolute Gasteiger partial charge is 0.292 e. The number of ether oxygens (including phenoxy) is 2. The summed E-state index contributed by atoms with van der Waals surface area (Å²) in [6.45, 7) is 0.427. The van der Waals surface area contributed by atoms with Gasteiger partial charge in [0.15, 0.2) is 0 Å². The standard InChI is InChI=1S/C20H17ClN2O4/c1-26-17-7-2-14(3-8-17)13-27-18-9-5-16(6-10-18)22-19-12-15(21)4-11-20(19)23(24)25/h2-12,22H,13H2,1H3. The number of anilines is 2. The first kappa shape index (κ1) is 18.5. The van der Waals surface area contributed by atoms with Crippen molar-refractivity contribution in [3.05, 3.63) is 87.4 Å². The average molecular weight is 385 g/mol. The van der Waals surface area contributed by atoms with E-state index in [1.54, 1.807) is 31.4 Å². The van der Waals surface area contributed by atoms with Gasteiger partial charge < -0.3 is 14.8 Å². The van der Waals surface area contributed by atoms with E-state index in [0.717, 1.165) is 11.3 Å². The molecular formula is C20H17ClN2O4. The fourth-order valence-electron chi connectivity index (χ4n) is 2.45. The van der Waals surface area contributed by atoms with Crippen LogP contribution in [0.5, 0.6) is 11.5 Å². The number of nitrogens with zero attached hydrogens (tertiary/aromatic N) is 1. The number of nitrogens with one attached hydrogen (secondary N) is 1. The highest BCUT2D eigenvalue weighted by Gasteiger charge is 2.14. The molecule has 0 unspecified atom stereocenters. The molecule has 1 N–H and O–H groups in total. The van der Waals surface area contributed by atoms with Crippen molar-refractivity contribution in [1.82, 2.24) is 0 Å². The number of rotatable bonds is 7. The van der Waals surface area contributed by atoms with Gasteiger partial charge in [0.2, 0.25) is 0 Å². The molecule has 0 radical (unpaired) electrons. The van der Waals surface area contributed by atoms with E-state index in [4.69, 9.17) is 21.1 Å². The lowest BCUT2D eigenvalue weighted by molar-refractivity contribution is -0.383. The van der Waals surface area contributed by atoms with Crippen LogP contribution < -0.4 is 14.8 Å². The Morgan fingerprint density at radius 3 is 2.30 bits per heavy atom. The summed E-state index contributed by atoms with van der Waals surface area (Å²) in [6, 6.07) is 19.2. The Balaban J connectivity index is 1.65. The number of nitro groups is 1. The van der Waals surface area contributed by atoms with Crippen LogP contribution in [-0.4, -0.2) is 12.0 Å². The van der Waals surface area contributed by atoms with Gasteiger partial charge in [0.05, 0.1) is 12.0 Å². The van der Waals surface area contributed by atoms with Crippen LogP contribution in [0.3, 0.4) is 0 Å². The van der Waals surface area contributed by atoms with Crippen LogP contribution in [0.25, 0.3) is 0 Å². The largest absolute Gasteiger partial charge is 0.497 e. The third kappa shape index (κ3) is 4.89. The number of nitro benzene ring substituents is 1. The highest BCUT2D eigenvalue weighted by molar-refractivity contribution is 6.31. The van der Waals surface area contributed by atoms with E-state index in [1.165, 1.54) is 18.2 Å². The minimum Gasteiger partial charge on any atom is -0.497 e. The topological polar surface area (TPSA) is 73.6 Å². The summed E-state index contributed by atoms with van der Waals surface area (Å²) >= 11 is 5.94. The van der Waals surface area contributed by atoms with E-state index >= 15 is 0 Å². The highest BCUT2D eigenvalue weighted by Crippen LogP contribution is 2.31. The molecule has 0 aliphatic rings. The van der Waals surface area contributed by atoms with Crippen molar-refractivity contribution in [1.29, 1.82) is 0 Å². The molecule has 3 rings (SSSR count). The monoisotopic (exact) mass is 384 g/mol. The molecule has 0 heterocycles. The van der Waals surface area contributed by atoms with Gasteiger partial charge in [0.25, 0.3) is 5.69 Å². The number of halogens is 1. The second kappa shape index (κ2) is 8.42. The van der Waals surface area contributed by atoms with E-state index in [2.05, 4.69) is 5.32 Å². The predicted octanol–water partition coefficient (Wildman–Crippen LogP) is 5.58. The Kier molecular flexibility index (Phi) is 5.78. The zero-order valence-electron chi connectivity index (χ0n) is 14.5. The van der Waals surface area contributed by atoms with Crippen molar-refractivity contribution in [2.24, 2.45) is 0 Å². The molecule has 0 aromatic heterocycles. The number of methoxy groups -OCH3 is 1. The van der Waals surface area contributed by atoms with Crippen molar-refractivity contribution in [2.75, 3.05) is 12.4 Å². The molecule has 0 amide bonds. The summed E-state index contributed by atoms with van der Waals surface area (Å²) in [5.41, 5.74) is 2.00. The summed E-state index contributed by atoms with van der Waals surface area (Å²) in [4.78, 5) is 10.7. The van der Waals surface area contributed by atoms with E-state index in [9.17, 15) is 10.1 Å². The average Bonchev–Trinajstić information content (AvgIpc) is 2.67. The lowest BCUT2D eigenvalue weighted by Crippen LogP contribution is -1.98. The SMILES string of the molecule is COc1ccc(COc2ccc(Nc3cc(Cl)ccc3[N+](=O)[O-])cc2)cc1. The fraction of sp³-hybridized carbons (Fsp3) is 0.100. The first-order chi connectivity index (χ1) is 13.0. The first-order valence-corrected chi connectivity index (χ1v) is 8.50. The van der Waals surface area contributed by atoms with E-state index in [0.29, 0.717) is 28.8 Å². The fourth-order valence-corrected chi connectivity index (χ4v) is 2.62. The lowest BCUT2D eigenvalue weighted by atomic mass is 10.2. The molecule has 138 valence electrons. The van der Waals surface area contributed by atoms with Crippen molar-refractivity contribution in [3.8, 4) is 11.5 Å². The third-order valence-electron chi connectivity index (χ3n) is 3.85. The summed E-state index contributed by atoms with van der Waals surface area (Å²) in [6.07, 6.45) is 0. The Labute approximate surface area is 161 Å². The van der Waals surface area contributed by atoms with Crippen molar-refractivity contribution < 1.29 is 14.4 Å². The quantitative estimate of drug-likeness (QED) is 0.425. The summed E-state index contributed by atoms with van der Waals surface area (Å²) in [7, 11) is 1.62. The van der Waals surface area contributed by atoms with Gasteiger partial charge in [-0.05, 0) is 54.1 Å². The van der Waals surface area contributed by atoms with Crippen LogP contribution in [0.15, 0.2) is 66.7 Å². The van der Waals surface area contributed by atoms with Crippen molar-refractivity contribution in [3.63, 3.8) is 0 Å². The molecule has 7 heteroatoms. The summed E-state index contributed by atoms with van der Waals surface area (Å²) in [5.74, 6) is 1.49. The second-order valence-electron chi connectivity index (χ2n) is 5.70. The first-order valence-electron chi connectivity index (χ1n) is 8.12. The van der Waals surface area contributed by atoms with Crippen LogP contribution >= 0.6 is 11.6 Å². The summed E-state index contributed by atoms with van der Waals surface area (Å²) in [5, 5.41) is 14.6. The zero-order valence-corrected chi connectivity index (χ0v) is 15.3. The van der Waals surface area contributed by atoms with Crippen LogP contribution in [0.4, 0.5) is 17.1 Å². The highest BCUT2D eigenvalue weighted by atomic mass is 35.5. The Hall–Kier alpha value is -3.25. The van der Waals surface area contributed by atoms with Crippen LogP contribution in [0, 0.1) is 10.1 Å². The third-order valence-corrected chi connectivity index (χ3v) is 4.09. The number of benzene rings is 3. The van der Waals surface area contributed by atoms with Gasteiger partial charge in [-0.1, -0.05) is 23.7 Å². The molecule has 0 saturated carbocycles. The van der Waals surface area contributed by atoms with Gasteiger partial charge in [0, 0.05) is 16.8 Å². The molecule has 3 aromatic rings. The van der Waals surface area contributed by atoms with E-state index < -0.39 is 4.92 Å². The Bertz CT molecular complexity index is 928. The predicted molar refractivity (Wildman–Crippen MR) is 105 cm³/mol. The molecule has 0 aliphatic carbocycles. The molecule has 0 bridgehead atoms. The van der Waals surface area contributed by atoms with Crippen molar-refractivity contribution >= 4 is 28.7 Å². The number of hydrogen-bond donors (Lipinski definition) is 1. The van der Waals surface area contributed by atoms with Gasteiger partial charge in [-0.2, -0.15) is 0 Å². The van der Waals surface area contributed by atoms with Crippen LogP contribution in [0.1, 0.15) is 5.56 Å². The van der Waals surface area contributed by atoms with Gasteiger partial charge in [0.1, 0.15) is 23.8 Å². The maximum Gasteiger partial charge on any atom is 0.292 e. The van der Waals surface area contributed by atoms with Crippen molar-refractivity contribution in [2.45, 2.75) is 6.61 Å². The molecule has 3 aromatic carbocycles. The Morgan fingerprint density at radius 2 is 1.67 bits per heavy atom. The molecule has 0 atom stereocenters. The van der Waals surface area contributed by atoms with E-state index in [1.807, 2.05) is 24.3 Å². The van der Waals surface area contributed by atoms with Gasteiger partial charge in [-0.25, -0.2) is 0 Å². The lowest BCUT2D eigenvalue weighted by Gasteiger charge is -2.10. The molecular weight excluding hydrogens is 368 g/mol. The molecule has 0 spiro atoms. The van der Waals surface area contributed by atoms with Crippen LogP contribution in [-0.2, 0) is 6.61 Å². The zero-order chi connectivity index (χ0) is 19.2. The van der Waals surface area contributed by atoms with Gasteiger partial charge in [-0.15, -0.1) is 0 Å². The molecule has 6 nitrogen and oxygen atoms in total. The van der Waals surface area contributed by atoms with Crippen LogP contribution in [0.2, 0.25) is 5.02 Å². The molecule has 27 heavy (non-hydrogen) atoms. The Morgan fingerprint density at radius 1 is 1.00 bits per heavy atom. The molecule has 0 aliphatic heterocycles. The minimum absolute atomic E-state index is 0.0424. The molecule has 0 fully saturated rings. The normalized spacial score (nSPS) is 10.3. The van der Waals surface area contributed by atoms with Gasteiger partial charge in [-0.3, -0.25) is 10.1 Å². The summed E-state index contributed by atoms with van der Waals surface area (Å²) < 4.78 is 10.9.